The van der Waals surface area contributed by atoms with E-state index in [4.69, 9.17) is 9.47 Å². The summed E-state index contributed by atoms with van der Waals surface area (Å²) in [6.07, 6.45) is 0. The summed E-state index contributed by atoms with van der Waals surface area (Å²) in [6, 6.07) is 8.21. The van der Waals surface area contributed by atoms with Gasteiger partial charge >= 0.3 is 0 Å². The molecule has 1 heterocycles. The molecule has 2 rings (SSSR count). The highest BCUT2D eigenvalue weighted by molar-refractivity contribution is 5.66. The van der Waals surface area contributed by atoms with Crippen LogP contribution >= 0.6 is 0 Å². The molecule has 80 valence electrons. The van der Waals surface area contributed by atoms with Crippen molar-refractivity contribution in [2.24, 2.45) is 0 Å². The molecular weight excluding hydrogens is 190 g/mol. The van der Waals surface area contributed by atoms with Crippen LogP contribution in [0.5, 0.6) is 0 Å². The first kappa shape index (κ1) is 9.90. The highest BCUT2D eigenvalue weighted by atomic mass is 16.5. The molecule has 0 unspecified atom stereocenters. The van der Waals surface area contributed by atoms with Gasteiger partial charge in [-0.15, -0.1) is 0 Å². The average molecular weight is 205 g/mol. The van der Waals surface area contributed by atoms with E-state index in [1.165, 1.54) is 5.56 Å². The third kappa shape index (κ3) is 1.54. The second-order valence-corrected chi connectivity index (χ2v) is 3.56. The Morgan fingerprint density at radius 1 is 1.13 bits per heavy atom. The number of benzene rings is 1. The van der Waals surface area contributed by atoms with Crippen LogP contribution in [-0.4, -0.2) is 26.2 Å². The van der Waals surface area contributed by atoms with E-state index in [2.05, 4.69) is 12.1 Å². The summed E-state index contributed by atoms with van der Waals surface area (Å²) in [7, 11) is 5.33. The van der Waals surface area contributed by atoms with Crippen molar-refractivity contribution in [1.82, 2.24) is 4.90 Å². The predicted molar refractivity (Wildman–Crippen MR) is 58.8 cm³/mol. The van der Waals surface area contributed by atoms with Gasteiger partial charge in [0.2, 0.25) is 5.88 Å². The molecular formula is C12H15NO2. The van der Waals surface area contributed by atoms with Crippen molar-refractivity contribution >= 4 is 5.76 Å². The fourth-order valence-corrected chi connectivity index (χ4v) is 1.94. The van der Waals surface area contributed by atoms with E-state index >= 15 is 0 Å². The van der Waals surface area contributed by atoms with Crippen LogP contribution in [0.1, 0.15) is 11.1 Å². The van der Waals surface area contributed by atoms with Crippen LogP contribution in [0.4, 0.5) is 0 Å². The smallest absolute Gasteiger partial charge is 0.233 e. The Labute approximate surface area is 89.9 Å². The number of ether oxygens (including phenoxy) is 2. The molecule has 0 saturated heterocycles. The van der Waals surface area contributed by atoms with E-state index < -0.39 is 0 Å². The van der Waals surface area contributed by atoms with E-state index in [-0.39, 0.29) is 0 Å². The summed E-state index contributed by atoms with van der Waals surface area (Å²) in [6.45, 7) is 0.853. The molecule has 0 aromatic heterocycles. The van der Waals surface area contributed by atoms with Gasteiger partial charge in [0.1, 0.15) is 0 Å². The molecule has 1 aromatic rings. The Kier molecular flexibility index (Phi) is 2.54. The first-order valence-corrected chi connectivity index (χ1v) is 4.89. The minimum atomic E-state index is 0.788. The second kappa shape index (κ2) is 3.85. The standard InChI is InChI=1S/C12H15NO2/c1-13-8-9-6-4-5-7-10(9)11(14-2)12(13)15-3/h4-7H,8H2,1-3H3. The molecule has 0 fully saturated rings. The second-order valence-electron chi connectivity index (χ2n) is 3.56. The first-order valence-electron chi connectivity index (χ1n) is 4.89. The van der Waals surface area contributed by atoms with Crippen LogP contribution in [0, 0.1) is 0 Å². The Balaban J connectivity index is 2.57. The number of hydrogen-bond donors (Lipinski definition) is 0. The Bertz CT molecular complexity index is 398. The van der Waals surface area contributed by atoms with E-state index in [0.29, 0.717) is 0 Å². The molecule has 1 aliphatic rings. The van der Waals surface area contributed by atoms with Crippen molar-refractivity contribution in [2.75, 3.05) is 21.3 Å². The highest BCUT2D eigenvalue weighted by Gasteiger charge is 2.23. The van der Waals surface area contributed by atoms with Gasteiger partial charge in [-0.05, 0) is 5.56 Å². The molecule has 0 amide bonds. The number of fused-ring (bicyclic) bond motifs is 1. The molecule has 3 nitrogen and oxygen atoms in total. The van der Waals surface area contributed by atoms with Gasteiger partial charge < -0.3 is 14.4 Å². The van der Waals surface area contributed by atoms with Gasteiger partial charge in [-0.2, -0.15) is 0 Å². The Morgan fingerprint density at radius 2 is 1.87 bits per heavy atom. The summed E-state index contributed by atoms with van der Waals surface area (Å²) in [5, 5.41) is 0. The molecule has 0 atom stereocenters. The van der Waals surface area contributed by atoms with Gasteiger partial charge in [0, 0.05) is 19.2 Å². The SMILES string of the molecule is COC1=C(OC)N(C)Cc2ccccc21. The molecule has 1 aliphatic heterocycles. The molecule has 0 radical (unpaired) electrons. The zero-order valence-corrected chi connectivity index (χ0v) is 9.28. The number of hydrogen-bond acceptors (Lipinski definition) is 3. The number of nitrogens with zero attached hydrogens (tertiary/aromatic N) is 1. The summed E-state index contributed by atoms with van der Waals surface area (Å²) in [5.74, 6) is 1.60. The van der Waals surface area contributed by atoms with Gasteiger partial charge in [-0.1, -0.05) is 24.3 Å². The number of rotatable bonds is 2. The van der Waals surface area contributed by atoms with E-state index in [9.17, 15) is 0 Å². The maximum absolute atomic E-state index is 5.40. The van der Waals surface area contributed by atoms with Crippen LogP contribution in [0.15, 0.2) is 30.1 Å². The maximum Gasteiger partial charge on any atom is 0.233 e. The molecule has 0 N–H and O–H groups in total. The van der Waals surface area contributed by atoms with Crippen LogP contribution in [0.3, 0.4) is 0 Å². The van der Waals surface area contributed by atoms with E-state index in [0.717, 1.165) is 23.8 Å². The van der Waals surface area contributed by atoms with Crippen molar-refractivity contribution < 1.29 is 9.47 Å². The Morgan fingerprint density at radius 3 is 2.53 bits per heavy atom. The fourth-order valence-electron chi connectivity index (χ4n) is 1.94. The zero-order valence-electron chi connectivity index (χ0n) is 9.28. The van der Waals surface area contributed by atoms with Gasteiger partial charge in [0.15, 0.2) is 5.76 Å². The third-order valence-electron chi connectivity index (χ3n) is 2.61. The number of methoxy groups -OCH3 is 2. The quantitative estimate of drug-likeness (QED) is 0.737. The van der Waals surface area contributed by atoms with Gasteiger partial charge in [-0.3, -0.25) is 0 Å². The monoisotopic (exact) mass is 205 g/mol. The minimum Gasteiger partial charge on any atom is -0.491 e. The minimum absolute atomic E-state index is 0.788. The molecule has 0 saturated carbocycles. The molecule has 3 heteroatoms. The van der Waals surface area contributed by atoms with Crippen LogP contribution in [-0.2, 0) is 16.0 Å². The van der Waals surface area contributed by atoms with Crippen LogP contribution in [0.2, 0.25) is 0 Å². The molecule has 0 aliphatic carbocycles. The van der Waals surface area contributed by atoms with Crippen molar-refractivity contribution in [1.29, 1.82) is 0 Å². The lowest BCUT2D eigenvalue weighted by molar-refractivity contribution is 0.152. The summed E-state index contributed by atoms with van der Waals surface area (Å²) in [4.78, 5) is 2.04. The van der Waals surface area contributed by atoms with Gasteiger partial charge in [0.25, 0.3) is 0 Å². The zero-order chi connectivity index (χ0) is 10.8. The average Bonchev–Trinajstić information content (AvgIpc) is 2.27. The van der Waals surface area contributed by atoms with Crippen LogP contribution in [0.25, 0.3) is 5.76 Å². The van der Waals surface area contributed by atoms with E-state index in [1.807, 2.05) is 24.1 Å². The van der Waals surface area contributed by atoms with Crippen molar-refractivity contribution in [3.05, 3.63) is 41.3 Å². The predicted octanol–water partition coefficient (Wildman–Crippen LogP) is 2.05. The third-order valence-corrected chi connectivity index (χ3v) is 2.61. The highest BCUT2D eigenvalue weighted by Crippen LogP contribution is 2.31. The summed E-state index contributed by atoms with van der Waals surface area (Å²) in [5.41, 5.74) is 2.38. The maximum atomic E-state index is 5.40. The first-order chi connectivity index (χ1) is 7.27. The van der Waals surface area contributed by atoms with Crippen LogP contribution < -0.4 is 0 Å². The van der Waals surface area contributed by atoms with E-state index in [1.54, 1.807) is 14.2 Å². The van der Waals surface area contributed by atoms with Crippen molar-refractivity contribution in [2.45, 2.75) is 6.54 Å². The van der Waals surface area contributed by atoms with Crippen molar-refractivity contribution in [3.63, 3.8) is 0 Å². The topological polar surface area (TPSA) is 21.7 Å². The Hall–Kier alpha value is -1.64. The van der Waals surface area contributed by atoms with Gasteiger partial charge in [-0.25, -0.2) is 0 Å². The lowest BCUT2D eigenvalue weighted by Crippen LogP contribution is -2.25. The van der Waals surface area contributed by atoms with Gasteiger partial charge in [0.05, 0.1) is 14.2 Å². The van der Waals surface area contributed by atoms with Crippen molar-refractivity contribution in [3.8, 4) is 0 Å². The lowest BCUT2D eigenvalue weighted by atomic mass is 10.0. The normalized spacial score (nSPS) is 15.0. The molecule has 0 spiro atoms. The largest absolute Gasteiger partial charge is 0.491 e. The fraction of sp³-hybridized carbons (Fsp3) is 0.333. The molecule has 0 bridgehead atoms. The lowest BCUT2D eigenvalue weighted by Gasteiger charge is -2.29. The molecule has 1 aromatic carbocycles. The molecule has 15 heavy (non-hydrogen) atoms. The summed E-state index contributed by atoms with van der Waals surface area (Å²) < 4.78 is 10.7. The summed E-state index contributed by atoms with van der Waals surface area (Å²) >= 11 is 0.